The van der Waals surface area contributed by atoms with E-state index in [9.17, 15) is 41.9 Å². The molecule has 3 N–H and O–H groups in total. The molecule has 2 aromatic rings. The summed E-state index contributed by atoms with van der Waals surface area (Å²) in [5.74, 6) is -10.7. The molecule has 4 heterocycles. The summed E-state index contributed by atoms with van der Waals surface area (Å²) in [5.41, 5.74) is -1.52. The number of alkyl halides is 3. The fourth-order valence-corrected chi connectivity index (χ4v) is 15.7. The van der Waals surface area contributed by atoms with E-state index in [2.05, 4.69) is 16.0 Å². The number of nitrogens with zero attached hydrogens (tertiary/aromatic N) is 9. The van der Waals surface area contributed by atoms with Gasteiger partial charge < -0.3 is 60.0 Å². The Bertz CT molecular complexity index is 3450. The van der Waals surface area contributed by atoms with Gasteiger partial charge in [-0.05, 0) is 138 Å². The molecule has 4 aliphatic heterocycles. The SMILES string of the molecule is CCC(C)[C@@H]1NC(=O)[C@H](CC(C)C)N(C)C(=O)C[C@@H](C(=O)N2CCCCC2)N(C)C(=O)[C@H](C2CCCC2)N(C)C(=O)C2(CCCC2)NC(=O)[C@@H]2CCCN2C(=O)[C@H](CCc2ccc(C(F)(F)F)c(F)c2)NC(=O)CN(C)C(=O)[C@H](Cc2ccc(C)cc2)N(C)C(=O)[C@@H]2CCN2C(=O)[C@H](C)N(C)C1=O. The predicted octanol–water partition coefficient (Wildman–Crippen LogP) is 5.63. The number of hydrogen-bond donors (Lipinski definition) is 3. The third-order valence-corrected chi connectivity index (χ3v) is 22.6. The zero-order valence-electron chi connectivity index (χ0n) is 62.1. The lowest BCUT2D eigenvalue weighted by molar-refractivity contribution is -0.160. The Morgan fingerprint density at radius 3 is 1.84 bits per heavy atom. The van der Waals surface area contributed by atoms with Crippen molar-refractivity contribution in [3.05, 3.63) is 70.5 Å². The monoisotopic (exact) mass is 1440 g/mol. The van der Waals surface area contributed by atoms with E-state index in [1.54, 1.807) is 24.0 Å². The number of rotatable bonds is 11. The quantitative estimate of drug-likeness (QED) is 0.231. The molecule has 2 aliphatic carbocycles. The molecule has 8 rings (SSSR count). The van der Waals surface area contributed by atoms with Crippen LogP contribution in [0, 0.1) is 30.5 Å². The number of likely N-dealkylation sites (N-methyl/N-ethyl adjacent to an activating group) is 6. The number of nitrogens with one attached hydrogen (secondary N) is 3. The van der Waals surface area contributed by atoms with Crippen molar-refractivity contribution in [3.8, 4) is 0 Å². The number of carbonyl (C=O) groups excluding carboxylic acids is 12. The fraction of sp³-hybridized carbons (Fsp3) is 0.680. The van der Waals surface area contributed by atoms with Crippen LogP contribution in [0.25, 0.3) is 0 Å². The smallest absolute Gasteiger partial charge is 0.343 e. The number of hydrogen-bond acceptors (Lipinski definition) is 12. The first kappa shape index (κ1) is 80.5. The molecule has 24 nitrogen and oxygen atoms in total. The van der Waals surface area contributed by atoms with Crippen LogP contribution in [0.1, 0.15) is 172 Å². The Morgan fingerprint density at radius 2 is 1.25 bits per heavy atom. The molecule has 103 heavy (non-hydrogen) atoms. The molecule has 0 aromatic heterocycles. The molecule has 6 fully saturated rings. The van der Waals surface area contributed by atoms with Gasteiger partial charge in [-0.15, -0.1) is 0 Å². The number of benzene rings is 2. The maximum Gasteiger partial charge on any atom is 0.419 e. The van der Waals surface area contributed by atoms with E-state index >= 15 is 33.2 Å². The van der Waals surface area contributed by atoms with Crippen LogP contribution < -0.4 is 16.0 Å². The molecular formula is C75H108F4N12O12. The van der Waals surface area contributed by atoms with E-state index in [1.165, 1.54) is 83.5 Å². The molecule has 568 valence electrons. The molecule has 4 saturated heterocycles. The lowest BCUT2D eigenvalue weighted by atomic mass is 9.90. The Kier molecular flexibility index (Phi) is 27.0. The molecule has 0 radical (unpaired) electrons. The van der Waals surface area contributed by atoms with Crippen molar-refractivity contribution in [3.63, 3.8) is 0 Å². The van der Waals surface area contributed by atoms with Gasteiger partial charge in [0.1, 0.15) is 65.7 Å². The van der Waals surface area contributed by atoms with Crippen LogP contribution in [0.15, 0.2) is 42.5 Å². The van der Waals surface area contributed by atoms with Crippen LogP contribution in [0.3, 0.4) is 0 Å². The lowest BCUT2D eigenvalue weighted by Crippen LogP contribution is -2.65. The number of fused-ring (bicyclic) bond motifs is 2. The molecule has 28 heteroatoms. The standard InChI is InChI=1S/C75H108F4N12O12/c1-13-47(5)62-71(101)84(8)48(6)66(96)91-39-33-56(91)69(99)86(10)58(42-50-27-25-46(4)26-28-50)68(98)83(7)44-60(92)80-54(32-30-49-29-31-52(53(76)41-49)75(77,78)79)67(97)90-38-21-24-55(90)65(95)82-74(34-17-18-35-74)73(103)88(12)63(51-22-15-16-23-51)72(102)87(11)59(70(100)89-36-19-14-20-37-89)43-61(93)85(9)57(40-45(2)3)64(94)81-62/h25-29,31,41,45,47-48,51,54-59,62-63H,13-24,30,32-40,42-44H2,1-12H3,(H,80,92)(H,81,94)(H,82,95)/t47?,48-,54-,55-,56-,57-,58-,59-,62-,63-/m0/s1. The second kappa shape index (κ2) is 34.6. The normalized spacial score (nSPS) is 27.1. The summed E-state index contributed by atoms with van der Waals surface area (Å²) in [4.78, 5) is 193. The lowest BCUT2D eigenvalue weighted by Gasteiger charge is -2.45. The van der Waals surface area contributed by atoms with Crippen molar-refractivity contribution in [2.24, 2.45) is 17.8 Å². The number of likely N-dealkylation sites (tertiary alicyclic amines) is 1. The van der Waals surface area contributed by atoms with Gasteiger partial charge in [-0.1, -0.05) is 95.7 Å². The Morgan fingerprint density at radius 1 is 0.621 bits per heavy atom. The molecule has 12 amide bonds. The topological polar surface area (TPSA) is 270 Å². The first-order chi connectivity index (χ1) is 48.6. The maximum atomic E-state index is 15.7. The van der Waals surface area contributed by atoms with E-state index in [0.29, 0.717) is 75.7 Å². The summed E-state index contributed by atoms with van der Waals surface area (Å²) in [5, 5.41) is 8.69. The van der Waals surface area contributed by atoms with Crippen LogP contribution >= 0.6 is 0 Å². The highest BCUT2D eigenvalue weighted by molar-refractivity contribution is 6.01. The van der Waals surface area contributed by atoms with Crippen molar-refractivity contribution >= 4 is 70.9 Å². The van der Waals surface area contributed by atoms with Gasteiger partial charge in [0, 0.05) is 74.9 Å². The summed E-state index contributed by atoms with van der Waals surface area (Å²) in [7, 11) is 8.53. The summed E-state index contributed by atoms with van der Waals surface area (Å²) in [6.07, 6.45) is 0.906. The first-order valence-corrected chi connectivity index (χ1v) is 36.9. The van der Waals surface area contributed by atoms with E-state index in [0.717, 1.165) is 35.8 Å². The van der Waals surface area contributed by atoms with Gasteiger partial charge in [-0.3, -0.25) is 57.5 Å². The van der Waals surface area contributed by atoms with Gasteiger partial charge >= 0.3 is 6.18 Å². The molecule has 1 unspecified atom stereocenters. The van der Waals surface area contributed by atoms with Gasteiger partial charge in [0.15, 0.2) is 0 Å². The molecular weight excluding hydrogens is 1340 g/mol. The van der Waals surface area contributed by atoms with E-state index in [4.69, 9.17) is 0 Å². The van der Waals surface area contributed by atoms with Crippen molar-refractivity contribution in [1.82, 2.24) is 60.0 Å². The van der Waals surface area contributed by atoms with Gasteiger partial charge in [-0.25, -0.2) is 4.39 Å². The Hall–Kier alpha value is -8.20. The molecule has 2 aromatic carbocycles. The highest BCUT2D eigenvalue weighted by atomic mass is 19.4. The van der Waals surface area contributed by atoms with Crippen molar-refractivity contribution < 1.29 is 75.1 Å². The van der Waals surface area contributed by atoms with Crippen LogP contribution in [-0.2, 0) is 76.6 Å². The molecule has 2 saturated carbocycles. The summed E-state index contributed by atoms with van der Waals surface area (Å²) in [6.45, 7) is 10.8. The highest BCUT2D eigenvalue weighted by Crippen LogP contribution is 2.38. The highest BCUT2D eigenvalue weighted by Gasteiger charge is 2.52. The van der Waals surface area contributed by atoms with Crippen molar-refractivity contribution in [2.75, 3.05) is 75.0 Å². The van der Waals surface area contributed by atoms with Crippen molar-refractivity contribution in [1.29, 1.82) is 0 Å². The number of halogens is 4. The van der Waals surface area contributed by atoms with E-state index in [-0.39, 0.29) is 82.4 Å². The second-order valence-corrected chi connectivity index (χ2v) is 30.2. The predicted molar refractivity (Wildman–Crippen MR) is 375 cm³/mol. The zero-order chi connectivity index (χ0) is 75.7. The average molecular weight is 1450 g/mol. The van der Waals surface area contributed by atoms with Crippen LogP contribution in [0.4, 0.5) is 17.6 Å². The number of amides is 12. The van der Waals surface area contributed by atoms with E-state index < -0.39 is 173 Å². The Balaban J connectivity index is 1.19. The molecule has 0 bridgehead atoms. The van der Waals surface area contributed by atoms with Gasteiger partial charge in [0.05, 0.1) is 18.5 Å². The average Bonchev–Trinajstić information content (AvgIpc) is 1.41. The van der Waals surface area contributed by atoms with Crippen LogP contribution in [0.2, 0.25) is 0 Å². The van der Waals surface area contributed by atoms with E-state index in [1.807, 2.05) is 39.8 Å². The summed E-state index contributed by atoms with van der Waals surface area (Å²) in [6, 6.07) is -1.87. The number of aryl methyl sites for hydroxylation is 2. The maximum absolute atomic E-state index is 15.7. The van der Waals surface area contributed by atoms with Gasteiger partial charge in [0.25, 0.3) is 0 Å². The van der Waals surface area contributed by atoms with Gasteiger partial charge in [0.2, 0.25) is 70.9 Å². The third kappa shape index (κ3) is 18.7. The number of piperidine rings is 1. The molecule has 6 aliphatic rings. The summed E-state index contributed by atoms with van der Waals surface area (Å²) < 4.78 is 56.4. The second-order valence-electron chi connectivity index (χ2n) is 30.2. The number of carbonyl (C=O) groups is 12. The minimum atomic E-state index is -5.01. The van der Waals surface area contributed by atoms with Crippen LogP contribution in [0.5, 0.6) is 0 Å². The van der Waals surface area contributed by atoms with Crippen molar-refractivity contribution in [2.45, 2.75) is 236 Å². The Labute approximate surface area is 603 Å². The molecule has 10 atom stereocenters. The third-order valence-electron chi connectivity index (χ3n) is 22.6. The first-order valence-electron chi connectivity index (χ1n) is 36.9. The largest absolute Gasteiger partial charge is 0.419 e. The zero-order valence-corrected chi connectivity index (χ0v) is 62.1. The summed E-state index contributed by atoms with van der Waals surface area (Å²) >= 11 is 0. The fourth-order valence-electron chi connectivity index (χ4n) is 15.7. The van der Waals surface area contributed by atoms with Gasteiger partial charge in [-0.2, -0.15) is 13.2 Å². The minimum Gasteiger partial charge on any atom is -0.343 e. The minimum absolute atomic E-state index is 0.0132. The molecule has 1 spiro atoms. The van der Waals surface area contributed by atoms with Crippen LogP contribution in [-0.4, -0.2) is 250 Å².